The Morgan fingerprint density at radius 2 is 1.83 bits per heavy atom. The van der Waals surface area contributed by atoms with E-state index in [1.165, 1.54) is 0 Å². The highest BCUT2D eigenvalue weighted by atomic mass is 16.5. The lowest BCUT2D eigenvalue weighted by Gasteiger charge is -2.26. The number of benzene rings is 1. The predicted octanol–water partition coefficient (Wildman–Crippen LogP) is 0.795. The number of ketones is 1. The van der Waals surface area contributed by atoms with Crippen LogP contribution in [-0.4, -0.2) is 48.3 Å². The molecule has 3 amide bonds. The van der Waals surface area contributed by atoms with Gasteiger partial charge in [0.15, 0.2) is 5.78 Å². The van der Waals surface area contributed by atoms with Crippen LogP contribution in [0.2, 0.25) is 0 Å². The molecule has 4 unspecified atom stereocenters. The number of carbonyl (C=O) groups is 4. The van der Waals surface area contributed by atoms with Crippen LogP contribution in [0.1, 0.15) is 44.0 Å². The topological polar surface area (TPSA) is 128 Å². The fourth-order valence-electron chi connectivity index (χ4n) is 3.09. The lowest BCUT2D eigenvalue weighted by molar-refractivity contribution is -0.128. The Kier molecular flexibility index (Phi) is 7.90. The van der Waals surface area contributed by atoms with Crippen molar-refractivity contribution in [3.05, 3.63) is 35.9 Å². The van der Waals surface area contributed by atoms with Gasteiger partial charge in [0.25, 0.3) is 5.91 Å². The molecule has 1 heterocycles. The Morgan fingerprint density at radius 3 is 2.41 bits per heavy atom. The Hall–Kier alpha value is -2.74. The number of ether oxygens (including phenoxy) is 1. The van der Waals surface area contributed by atoms with E-state index in [1.54, 1.807) is 30.3 Å². The molecule has 1 aromatic carbocycles. The van der Waals surface area contributed by atoms with Crippen LogP contribution in [0.5, 0.6) is 0 Å². The van der Waals surface area contributed by atoms with E-state index in [1.807, 2.05) is 20.8 Å². The van der Waals surface area contributed by atoms with Crippen LogP contribution in [0.25, 0.3) is 0 Å². The Morgan fingerprint density at radius 1 is 1.17 bits per heavy atom. The minimum Gasteiger partial charge on any atom is -0.370 e. The van der Waals surface area contributed by atoms with Crippen molar-refractivity contribution in [2.24, 2.45) is 17.6 Å². The highest BCUT2D eigenvalue weighted by Crippen LogP contribution is 2.18. The highest BCUT2D eigenvalue weighted by molar-refractivity contribution is 5.99. The maximum atomic E-state index is 13.0. The van der Waals surface area contributed by atoms with Gasteiger partial charge in [-0.1, -0.05) is 39.0 Å². The van der Waals surface area contributed by atoms with E-state index < -0.39 is 30.0 Å². The minimum absolute atomic E-state index is 0.152. The first-order valence-electron chi connectivity index (χ1n) is 9.78. The number of Topliss-reactive ketones (excluding diaryl/α,β-unsaturated/α-hetero) is 1. The molecule has 4 N–H and O–H groups in total. The molecule has 1 fully saturated rings. The zero-order chi connectivity index (χ0) is 21.6. The SMILES string of the molecule is CC(C)C(C)CC(NC(=O)c1ccccc1)C(=O)NC1C(=O)COC1CC(N)=O. The predicted molar refractivity (Wildman–Crippen MR) is 107 cm³/mol. The van der Waals surface area contributed by atoms with Gasteiger partial charge >= 0.3 is 0 Å². The van der Waals surface area contributed by atoms with Crippen LogP contribution >= 0.6 is 0 Å². The van der Waals surface area contributed by atoms with Crippen LogP contribution < -0.4 is 16.4 Å². The molecule has 8 nitrogen and oxygen atoms in total. The molecule has 29 heavy (non-hydrogen) atoms. The van der Waals surface area contributed by atoms with E-state index in [9.17, 15) is 19.2 Å². The van der Waals surface area contributed by atoms with Crippen molar-refractivity contribution in [3.8, 4) is 0 Å². The van der Waals surface area contributed by atoms with E-state index >= 15 is 0 Å². The molecule has 1 aliphatic rings. The first kappa shape index (κ1) is 22.5. The molecular formula is C21H29N3O5. The maximum Gasteiger partial charge on any atom is 0.251 e. The molecule has 1 aliphatic heterocycles. The summed E-state index contributed by atoms with van der Waals surface area (Å²) >= 11 is 0. The molecule has 0 radical (unpaired) electrons. The normalized spacial score (nSPS) is 20.9. The van der Waals surface area contributed by atoms with Crippen LogP contribution in [-0.2, 0) is 19.1 Å². The third-order valence-electron chi connectivity index (χ3n) is 5.26. The van der Waals surface area contributed by atoms with Gasteiger partial charge in [-0.05, 0) is 30.4 Å². The van der Waals surface area contributed by atoms with Gasteiger partial charge < -0.3 is 21.1 Å². The number of carbonyl (C=O) groups excluding carboxylic acids is 4. The summed E-state index contributed by atoms with van der Waals surface area (Å²) in [4.78, 5) is 48.9. The summed E-state index contributed by atoms with van der Waals surface area (Å²) < 4.78 is 5.29. The molecule has 0 bridgehead atoms. The number of nitrogens with two attached hydrogens (primary N) is 1. The molecule has 0 aliphatic carbocycles. The molecule has 0 spiro atoms. The summed E-state index contributed by atoms with van der Waals surface area (Å²) in [5.41, 5.74) is 5.64. The number of rotatable bonds is 9. The van der Waals surface area contributed by atoms with Crippen LogP contribution in [0, 0.1) is 11.8 Å². The second-order valence-electron chi connectivity index (χ2n) is 7.82. The van der Waals surface area contributed by atoms with Crippen molar-refractivity contribution in [2.75, 3.05) is 6.61 Å². The standard InChI is InChI=1S/C21H29N3O5/c1-12(2)13(3)9-15(23-20(27)14-7-5-4-6-8-14)21(28)24-19-16(25)11-29-17(19)10-18(22)26/h4-8,12-13,15,17,19H,9-11H2,1-3H3,(H2,22,26)(H,23,27)(H,24,28). The number of hydrogen-bond acceptors (Lipinski definition) is 5. The Balaban J connectivity index is 2.14. The van der Waals surface area contributed by atoms with E-state index in [2.05, 4.69) is 10.6 Å². The largest absolute Gasteiger partial charge is 0.370 e. The molecule has 2 rings (SSSR count). The zero-order valence-corrected chi connectivity index (χ0v) is 17.0. The van der Waals surface area contributed by atoms with Gasteiger partial charge in [0.1, 0.15) is 18.7 Å². The minimum atomic E-state index is -0.958. The van der Waals surface area contributed by atoms with Gasteiger partial charge in [0.2, 0.25) is 11.8 Å². The van der Waals surface area contributed by atoms with Crippen molar-refractivity contribution in [3.63, 3.8) is 0 Å². The molecule has 4 atom stereocenters. The molecule has 8 heteroatoms. The van der Waals surface area contributed by atoms with Gasteiger partial charge in [-0.2, -0.15) is 0 Å². The second-order valence-corrected chi connectivity index (χ2v) is 7.82. The average Bonchev–Trinajstić information content (AvgIpc) is 3.00. The van der Waals surface area contributed by atoms with Crippen LogP contribution in [0.4, 0.5) is 0 Å². The van der Waals surface area contributed by atoms with Crippen molar-refractivity contribution >= 4 is 23.5 Å². The Bertz CT molecular complexity index is 750. The van der Waals surface area contributed by atoms with E-state index in [0.717, 1.165) is 0 Å². The summed E-state index contributed by atoms with van der Waals surface area (Å²) in [5.74, 6) is -1.35. The highest BCUT2D eigenvalue weighted by Gasteiger charge is 2.39. The fraction of sp³-hybridized carbons (Fsp3) is 0.524. The van der Waals surface area contributed by atoms with Gasteiger partial charge in [0.05, 0.1) is 12.5 Å². The maximum absolute atomic E-state index is 13.0. The molecule has 1 aromatic rings. The van der Waals surface area contributed by atoms with Crippen molar-refractivity contribution < 1.29 is 23.9 Å². The summed E-state index contributed by atoms with van der Waals surface area (Å²) in [6.07, 6.45) is -0.554. The van der Waals surface area contributed by atoms with Crippen molar-refractivity contribution in [2.45, 2.75) is 51.8 Å². The van der Waals surface area contributed by atoms with E-state index in [4.69, 9.17) is 10.5 Å². The summed E-state index contributed by atoms with van der Waals surface area (Å²) in [6.45, 7) is 5.89. The first-order chi connectivity index (χ1) is 13.7. The molecule has 0 saturated carbocycles. The van der Waals surface area contributed by atoms with Gasteiger partial charge in [0, 0.05) is 5.56 Å². The van der Waals surface area contributed by atoms with Crippen molar-refractivity contribution in [1.82, 2.24) is 10.6 Å². The number of hydrogen-bond donors (Lipinski definition) is 3. The van der Waals surface area contributed by atoms with Gasteiger partial charge in [-0.3, -0.25) is 19.2 Å². The number of amides is 3. The fourth-order valence-corrected chi connectivity index (χ4v) is 3.09. The molecule has 158 valence electrons. The quantitative estimate of drug-likeness (QED) is 0.562. The third-order valence-corrected chi connectivity index (χ3v) is 5.26. The summed E-state index contributed by atoms with van der Waals surface area (Å²) in [5, 5.41) is 5.42. The lowest BCUT2D eigenvalue weighted by Crippen LogP contribution is -2.54. The number of primary amides is 1. The van der Waals surface area contributed by atoms with E-state index in [-0.39, 0.29) is 30.6 Å². The van der Waals surface area contributed by atoms with Crippen LogP contribution in [0.3, 0.4) is 0 Å². The second kappa shape index (κ2) is 10.2. The molecule has 1 saturated heterocycles. The van der Waals surface area contributed by atoms with Crippen molar-refractivity contribution in [1.29, 1.82) is 0 Å². The summed E-state index contributed by atoms with van der Waals surface area (Å²) in [6, 6.07) is 6.81. The smallest absolute Gasteiger partial charge is 0.251 e. The first-order valence-corrected chi connectivity index (χ1v) is 9.78. The van der Waals surface area contributed by atoms with Gasteiger partial charge in [-0.15, -0.1) is 0 Å². The summed E-state index contributed by atoms with van der Waals surface area (Å²) in [7, 11) is 0. The monoisotopic (exact) mass is 403 g/mol. The number of nitrogens with one attached hydrogen (secondary N) is 2. The average molecular weight is 403 g/mol. The third kappa shape index (κ3) is 6.39. The zero-order valence-electron chi connectivity index (χ0n) is 17.0. The van der Waals surface area contributed by atoms with Gasteiger partial charge in [-0.25, -0.2) is 0 Å². The molecular weight excluding hydrogens is 374 g/mol. The lowest BCUT2D eigenvalue weighted by atomic mass is 9.90. The molecule has 0 aromatic heterocycles. The van der Waals surface area contributed by atoms with Crippen LogP contribution in [0.15, 0.2) is 30.3 Å². The Labute approximate surface area is 170 Å². The van der Waals surface area contributed by atoms with E-state index in [0.29, 0.717) is 17.9 Å².